The summed E-state index contributed by atoms with van der Waals surface area (Å²) in [7, 11) is 1.88. The highest BCUT2D eigenvalue weighted by molar-refractivity contribution is 5.99. The molecule has 0 radical (unpaired) electrons. The zero-order valence-corrected chi connectivity index (χ0v) is 22.8. The predicted molar refractivity (Wildman–Crippen MR) is 153 cm³/mol. The molecule has 0 aliphatic heterocycles. The molecule has 1 saturated carbocycles. The molecule has 4 heterocycles. The average Bonchev–Trinajstić information content (AvgIpc) is 3.68. The molecular formula is C29H33N9O2. The summed E-state index contributed by atoms with van der Waals surface area (Å²) in [6.07, 6.45) is 12.1. The summed E-state index contributed by atoms with van der Waals surface area (Å²) in [6.45, 7) is 4.22. The van der Waals surface area contributed by atoms with Gasteiger partial charge < -0.3 is 20.7 Å². The molecule has 0 bridgehead atoms. The van der Waals surface area contributed by atoms with E-state index < -0.39 is 5.91 Å². The number of aryl methyl sites for hydroxylation is 1. The van der Waals surface area contributed by atoms with E-state index in [-0.39, 0.29) is 18.1 Å². The lowest BCUT2D eigenvalue weighted by Gasteiger charge is -2.27. The Morgan fingerprint density at radius 2 is 1.93 bits per heavy atom. The van der Waals surface area contributed by atoms with Gasteiger partial charge in [-0.3, -0.25) is 9.48 Å². The standard InChI is InChI=1S/C29H33N9O2/c1-17(2)27-26-25(37-15-24(32-16-37)18-13-33-36(3)14-18)10-11-31-29(26)38(35-27)20-6-9-22(28(30)40)23(12-20)34-19-4-7-21(39)8-5-19/h6,9-17,19,21,34,39H,4-5,7-8H2,1-3H3,(H2,30,40). The van der Waals surface area contributed by atoms with E-state index in [4.69, 9.17) is 15.8 Å². The Kier molecular flexibility index (Phi) is 6.59. The number of primary amides is 1. The second-order valence-corrected chi connectivity index (χ2v) is 10.8. The van der Waals surface area contributed by atoms with Crippen molar-refractivity contribution < 1.29 is 9.90 Å². The number of hydrogen-bond donors (Lipinski definition) is 3. The number of amides is 1. The van der Waals surface area contributed by atoms with Gasteiger partial charge in [0.15, 0.2) is 5.65 Å². The smallest absolute Gasteiger partial charge is 0.250 e. The number of aliphatic hydroxyl groups is 1. The number of hydrogen-bond acceptors (Lipinski definition) is 7. The van der Waals surface area contributed by atoms with Crippen molar-refractivity contribution in [1.29, 1.82) is 0 Å². The maximum atomic E-state index is 12.3. The van der Waals surface area contributed by atoms with E-state index >= 15 is 0 Å². The fourth-order valence-corrected chi connectivity index (χ4v) is 5.45. The van der Waals surface area contributed by atoms with Crippen molar-refractivity contribution >= 4 is 22.6 Å². The van der Waals surface area contributed by atoms with Crippen molar-refractivity contribution in [2.24, 2.45) is 12.8 Å². The molecule has 4 aromatic heterocycles. The van der Waals surface area contributed by atoms with Crippen LogP contribution in [0.3, 0.4) is 0 Å². The molecule has 1 aliphatic rings. The largest absolute Gasteiger partial charge is 0.393 e. The van der Waals surface area contributed by atoms with Crippen LogP contribution >= 0.6 is 0 Å². The number of nitrogens with zero attached hydrogens (tertiary/aromatic N) is 7. The van der Waals surface area contributed by atoms with E-state index in [1.807, 2.05) is 46.9 Å². The minimum atomic E-state index is -0.497. The van der Waals surface area contributed by atoms with Gasteiger partial charge in [-0.2, -0.15) is 10.2 Å². The first-order valence-corrected chi connectivity index (χ1v) is 13.6. The number of nitrogens with two attached hydrogens (primary N) is 1. The molecule has 1 aliphatic carbocycles. The minimum Gasteiger partial charge on any atom is -0.393 e. The molecule has 0 unspecified atom stereocenters. The highest BCUT2D eigenvalue weighted by Crippen LogP contribution is 2.33. The predicted octanol–water partition coefficient (Wildman–Crippen LogP) is 3.94. The summed E-state index contributed by atoms with van der Waals surface area (Å²) in [4.78, 5) is 21.6. The van der Waals surface area contributed by atoms with Gasteiger partial charge in [0, 0.05) is 42.9 Å². The zero-order valence-electron chi connectivity index (χ0n) is 22.8. The minimum absolute atomic E-state index is 0.129. The van der Waals surface area contributed by atoms with E-state index in [9.17, 15) is 9.90 Å². The monoisotopic (exact) mass is 539 g/mol. The lowest BCUT2D eigenvalue weighted by atomic mass is 9.92. The zero-order chi connectivity index (χ0) is 28.0. The normalized spacial score (nSPS) is 17.5. The van der Waals surface area contributed by atoms with Crippen LogP contribution in [0.25, 0.3) is 33.7 Å². The van der Waals surface area contributed by atoms with Gasteiger partial charge in [0.2, 0.25) is 0 Å². The van der Waals surface area contributed by atoms with Crippen molar-refractivity contribution in [1.82, 2.24) is 34.1 Å². The van der Waals surface area contributed by atoms with Crippen LogP contribution in [-0.4, -0.2) is 57.3 Å². The van der Waals surface area contributed by atoms with Gasteiger partial charge in [0.1, 0.15) is 0 Å². The van der Waals surface area contributed by atoms with Crippen molar-refractivity contribution in [3.8, 4) is 22.6 Å². The second kappa shape index (κ2) is 10.2. The Morgan fingerprint density at radius 3 is 2.62 bits per heavy atom. The first kappa shape index (κ1) is 25.8. The van der Waals surface area contributed by atoms with Crippen molar-refractivity contribution in [3.05, 3.63) is 66.6 Å². The third-order valence-electron chi connectivity index (χ3n) is 7.55. The highest BCUT2D eigenvalue weighted by Gasteiger charge is 2.23. The van der Waals surface area contributed by atoms with E-state index in [1.54, 1.807) is 29.5 Å². The molecule has 11 heteroatoms. The summed E-state index contributed by atoms with van der Waals surface area (Å²) in [5, 5.41) is 23.6. The highest BCUT2D eigenvalue weighted by atomic mass is 16.3. The topological polar surface area (TPSA) is 142 Å². The van der Waals surface area contributed by atoms with Gasteiger partial charge in [0.05, 0.1) is 52.3 Å². The second-order valence-electron chi connectivity index (χ2n) is 10.8. The van der Waals surface area contributed by atoms with E-state index in [2.05, 4.69) is 29.2 Å². The summed E-state index contributed by atoms with van der Waals surface area (Å²) in [5.41, 5.74) is 11.9. The molecule has 5 aromatic rings. The molecule has 11 nitrogen and oxygen atoms in total. The van der Waals surface area contributed by atoms with Gasteiger partial charge in [-0.05, 0) is 55.9 Å². The lowest BCUT2D eigenvalue weighted by molar-refractivity contribution is 0.100. The molecule has 6 rings (SSSR count). The maximum absolute atomic E-state index is 12.3. The number of carbonyl (C=O) groups is 1. The average molecular weight is 540 g/mol. The molecule has 40 heavy (non-hydrogen) atoms. The van der Waals surface area contributed by atoms with Crippen LogP contribution in [0.15, 0.2) is 55.4 Å². The molecular weight excluding hydrogens is 506 g/mol. The molecule has 4 N–H and O–H groups in total. The van der Waals surface area contributed by atoms with Crippen LogP contribution in [0.1, 0.15) is 61.5 Å². The fraction of sp³-hybridized carbons (Fsp3) is 0.345. The van der Waals surface area contributed by atoms with Crippen LogP contribution in [0.2, 0.25) is 0 Å². The van der Waals surface area contributed by atoms with Crippen LogP contribution in [0, 0.1) is 0 Å². The van der Waals surface area contributed by atoms with Gasteiger partial charge >= 0.3 is 0 Å². The van der Waals surface area contributed by atoms with E-state index in [1.165, 1.54) is 0 Å². The Labute approximate surface area is 231 Å². The number of nitrogens with one attached hydrogen (secondary N) is 1. The Bertz CT molecular complexity index is 1690. The Hall–Kier alpha value is -4.51. The van der Waals surface area contributed by atoms with Crippen molar-refractivity contribution in [3.63, 3.8) is 0 Å². The van der Waals surface area contributed by atoms with Gasteiger partial charge in [-0.15, -0.1) is 0 Å². The first-order valence-electron chi connectivity index (χ1n) is 13.6. The van der Waals surface area contributed by atoms with Crippen molar-refractivity contribution in [2.45, 2.75) is 57.6 Å². The number of anilines is 1. The SMILES string of the molecule is CC(C)c1nn(-c2ccc(C(N)=O)c(NC3CCC(O)CC3)c2)c2nccc(-n3cnc(-c4cnn(C)c4)c3)c12. The molecule has 1 fully saturated rings. The molecule has 0 spiro atoms. The Morgan fingerprint density at radius 1 is 1.12 bits per heavy atom. The van der Waals surface area contributed by atoms with Crippen molar-refractivity contribution in [2.75, 3.05) is 5.32 Å². The maximum Gasteiger partial charge on any atom is 0.250 e. The number of fused-ring (bicyclic) bond motifs is 1. The van der Waals surface area contributed by atoms with E-state index in [0.29, 0.717) is 16.9 Å². The summed E-state index contributed by atoms with van der Waals surface area (Å²) >= 11 is 0. The number of pyridine rings is 1. The van der Waals surface area contributed by atoms with Crippen LogP contribution in [-0.2, 0) is 7.05 Å². The number of rotatable bonds is 7. The van der Waals surface area contributed by atoms with Gasteiger partial charge in [-0.1, -0.05) is 13.8 Å². The molecule has 0 saturated heterocycles. The summed E-state index contributed by atoms with van der Waals surface area (Å²) in [6, 6.07) is 7.61. The van der Waals surface area contributed by atoms with Crippen LogP contribution < -0.4 is 11.1 Å². The van der Waals surface area contributed by atoms with Gasteiger partial charge in [0.25, 0.3) is 5.91 Å². The molecule has 0 atom stereocenters. The number of carbonyl (C=O) groups excluding carboxylic acids is 1. The number of benzene rings is 1. The number of aromatic nitrogens is 7. The molecule has 1 amide bonds. The van der Waals surface area contributed by atoms with Crippen LogP contribution in [0.5, 0.6) is 0 Å². The molecule has 206 valence electrons. The van der Waals surface area contributed by atoms with Crippen LogP contribution in [0.4, 0.5) is 5.69 Å². The first-order chi connectivity index (χ1) is 19.3. The summed E-state index contributed by atoms with van der Waals surface area (Å²) in [5.74, 6) is -0.368. The fourth-order valence-electron chi connectivity index (χ4n) is 5.45. The van der Waals surface area contributed by atoms with Gasteiger partial charge in [-0.25, -0.2) is 14.6 Å². The number of aliphatic hydroxyl groups excluding tert-OH is 1. The third-order valence-corrected chi connectivity index (χ3v) is 7.55. The quantitative estimate of drug-likeness (QED) is 0.284. The third kappa shape index (κ3) is 4.73. The molecule has 1 aromatic carbocycles. The Balaban J connectivity index is 1.44. The lowest BCUT2D eigenvalue weighted by Crippen LogP contribution is -2.29. The van der Waals surface area contributed by atoms with E-state index in [0.717, 1.165) is 59.4 Å². The number of imidazole rings is 1. The summed E-state index contributed by atoms with van der Waals surface area (Å²) < 4.78 is 5.57.